The molecule has 11 heteroatoms. The van der Waals surface area contributed by atoms with Crippen molar-refractivity contribution in [3.63, 3.8) is 0 Å². The van der Waals surface area contributed by atoms with Gasteiger partial charge in [-0.05, 0) is 19.4 Å². The molecule has 32 heavy (non-hydrogen) atoms. The maximum atomic E-state index is 12.3. The first-order chi connectivity index (χ1) is 15.2. The van der Waals surface area contributed by atoms with E-state index in [2.05, 4.69) is 39.5 Å². The van der Waals surface area contributed by atoms with Crippen molar-refractivity contribution in [2.24, 2.45) is 0 Å². The van der Waals surface area contributed by atoms with Crippen molar-refractivity contribution >= 4 is 40.2 Å². The fourth-order valence-electron chi connectivity index (χ4n) is 3.03. The van der Waals surface area contributed by atoms with Gasteiger partial charge >= 0.3 is 0 Å². The van der Waals surface area contributed by atoms with Crippen LogP contribution in [-0.4, -0.2) is 48.4 Å². The second-order valence-corrected chi connectivity index (χ2v) is 9.42. The molecule has 2 heterocycles. The number of hydrogen-bond donors (Lipinski definition) is 2. The van der Waals surface area contributed by atoms with E-state index in [9.17, 15) is 14.9 Å². The first-order valence-electron chi connectivity index (χ1n) is 10.4. The van der Waals surface area contributed by atoms with E-state index < -0.39 is 4.92 Å². The van der Waals surface area contributed by atoms with Crippen LogP contribution in [0.4, 0.5) is 11.5 Å². The third-order valence-corrected chi connectivity index (χ3v) is 5.26. The average Bonchev–Trinajstić information content (AvgIpc) is 3.10. The summed E-state index contributed by atoms with van der Waals surface area (Å²) < 4.78 is 1.76. The van der Waals surface area contributed by atoms with E-state index in [1.807, 2.05) is 13.8 Å². The summed E-state index contributed by atoms with van der Waals surface area (Å²) >= 11 is 1.58. The Kier molecular flexibility index (Phi) is 7.62. The lowest BCUT2D eigenvalue weighted by Gasteiger charge is -2.12. The zero-order valence-electron chi connectivity index (χ0n) is 18.5. The zero-order valence-corrected chi connectivity index (χ0v) is 19.3. The van der Waals surface area contributed by atoms with Crippen molar-refractivity contribution in [3.8, 4) is 0 Å². The molecule has 0 saturated heterocycles. The van der Waals surface area contributed by atoms with Crippen LogP contribution in [-0.2, 0) is 17.8 Å². The van der Waals surface area contributed by atoms with Crippen molar-refractivity contribution in [2.75, 3.05) is 11.9 Å². The van der Waals surface area contributed by atoms with E-state index in [1.54, 1.807) is 34.8 Å². The molecule has 0 spiro atoms. The fraction of sp³-hybridized carbons (Fsp3) is 0.429. The number of amides is 1. The van der Waals surface area contributed by atoms with Crippen molar-refractivity contribution < 1.29 is 9.72 Å². The molecule has 170 valence electrons. The Labute approximate surface area is 190 Å². The molecule has 2 N–H and O–H groups in total. The van der Waals surface area contributed by atoms with Gasteiger partial charge in [0.1, 0.15) is 5.82 Å². The van der Waals surface area contributed by atoms with E-state index in [0.29, 0.717) is 29.1 Å². The van der Waals surface area contributed by atoms with Gasteiger partial charge in [0, 0.05) is 30.0 Å². The van der Waals surface area contributed by atoms with Crippen LogP contribution in [0.5, 0.6) is 0 Å². The van der Waals surface area contributed by atoms with Gasteiger partial charge in [0.15, 0.2) is 10.8 Å². The molecule has 3 rings (SSSR count). The summed E-state index contributed by atoms with van der Waals surface area (Å²) in [7, 11) is 0. The first-order valence-corrected chi connectivity index (χ1v) is 11.3. The number of benzene rings is 1. The summed E-state index contributed by atoms with van der Waals surface area (Å²) in [4.78, 5) is 31.8. The Balaban J connectivity index is 1.66. The predicted molar refractivity (Wildman–Crippen MR) is 125 cm³/mol. The number of carbonyl (C=O) groups excluding carboxylic acids is 1. The summed E-state index contributed by atoms with van der Waals surface area (Å²) in [5.41, 5.74) is 1.43. The lowest BCUT2D eigenvalue weighted by atomic mass is 10.1. The minimum Gasteiger partial charge on any atom is -0.367 e. The molecule has 0 aliphatic rings. The minimum absolute atomic E-state index is 0.00281. The number of non-ortho nitro benzene ring substituents is 1. The summed E-state index contributed by atoms with van der Waals surface area (Å²) in [5.74, 6) is 0.588. The maximum absolute atomic E-state index is 12.3. The summed E-state index contributed by atoms with van der Waals surface area (Å²) in [6, 6.07) is 6.19. The monoisotopic (exact) mass is 457 g/mol. The number of fused-ring (bicyclic) bond motifs is 1. The van der Waals surface area contributed by atoms with Crippen LogP contribution in [0.3, 0.4) is 0 Å². The van der Waals surface area contributed by atoms with Gasteiger partial charge in [-0.15, -0.1) is 0 Å². The van der Waals surface area contributed by atoms with E-state index in [1.165, 1.54) is 12.1 Å². The molecule has 1 amide bonds. The Hall–Kier alpha value is -3.21. The summed E-state index contributed by atoms with van der Waals surface area (Å²) in [6.45, 7) is 9.12. The molecule has 2 aromatic heterocycles. The second kappa shape index (κ2) is 10.4. The molecule has 0 bridgehead atoms. The number of nitrogens with zero attached hydrogens (tertiary/aromatic N) is 5. The Bertz CT molecular complexity index is 1100. The molecule has 3 aromatic rings. The molecule has 0 aliphatic heterocycles. The number of carbonyl (C=O) groups is 1. The van der Waals surface area contributed by atoms with Crippen LogP contribution >= 0.6 is 11.8 Å². The van der Waals surface area contributed by atoms with Crippen LogP contribution in [0, 0.1) is 10.1 Å². The van der Waals surface area contributed by atoms with Crippen LogP contribution in [0.25, 0.3) is 11.0 Å². The van der Waals surface area contributed by atoms with Gasteiger partial charge in [-0.3, -0.25) is 14.9 Å². The van der Waals surface area contributed by atoms with Crippen LogP contribution in [0.2, 0.25) is 0 Å². The lowest BCUT2D eigenvalue weighted by Crippen LogP contribution is -2.28. The average molecular weight is 458 g/mol. The number of aromatic nitrogens is 4. The van der Waals surface area contributed by atoms with Gasteiger partial charge in [0.25, 0.3) is 5.69 Å². The van der Waals surface area contributed by atoms with E-state index in [0.717, 1.165) is 16.9 Å². The molecular formula is C21H27N7O3S. The van der Waals surface area contributed by atoms with Crippen molar-refractivity contribution in [3.05, 3.63) is 46.1 Å². The quantitative estimate of drug-likeness (QED) is 0.205. The molecule has 1 aromatic carbocycles. The Morgan fingerprint density at radius 1 is 1.19 bits per heavy atom. The largest absolute Gasteiger partial charge is 0.367 e. The van der Waals surface area contributed by atoms with Crippen LogP contribution < -0.4 is 10.6 Å². The Morgan fingerprint density at radius 2 is 1.91 bits per heavy atom. The van der Waals surface area contributed by atoms with Crippen molar-refractivity contribution in [1.82, 2.24) is 25.1 Å². The maximum Gasteiger partial charge on any atom is 0.269 e. The summed E-state index contributed by atoms with van der Waals surface area (Å²) in [5, 5.41) is 23.3. The van der Waals surface area contributed by atoms with Crippen LogP contribution in [0.1, 0.15) is 33.3 Å². The third kappa shape index (κ3) is 6.16. The standard InChI is InChI=1S/C21H27N7O3S/c1-13(2)24-19-17-12-23-27(20(17)26-21(25-19)32-14(3)4)10-9-22-18(29)11-15-5-7-16(8-6-15)28(30)31/h5-8,12-14H,9-11H2,1-4H3,(H,22,29)(H,24,25,26). The van der Waals surface area contributed by atoms with Gasteiger partial charge in [0.05, 0.1) is 29.5 Å². The summed E-state index contributed by atoms with van der Waals surface area (Å²) in [6.07, 6.45) is 1.89. The van der Waals surface area contributed by atoms with Gasteiger partial charge in [-0.2, -0.15) is 5.10 Å². The number of thioether (sulfide) groups is 1. The number of nitro benzene ring substituents is 1. The minimum atomic E-state index is -0.463. The molecular weight excluding hydrogens is 430 g/mol. The van der Waals surface area contributed by atoms with Crippen molar-refractivity contribution in [1.29, 1.82) is 0 Å². The molecule has 0 saturated carbocycles. The number of anilines is 1. The number of hydrogen-bond acceptors (Lipinski definition) is 8. The molecule has 0 radical (unpaired) electrons. The molecule has 0 aliphatic carbocycles. The highest BCUT2D eigenvalue weighted by atomic mass is 32.2. The third-order valence-electron chi connectivity index (χ3n) is 4.40. The topological polar surface area (TPSA) is 128 Å². The van der Waals surface area contributed by atoms with Crippen molar-refractivity contribution in [2.45, 2.75) is 57.1 Å². The zero-order chi connectivity index (χ0) is 23.3. The molecule has 0 unspecified atom stereocenters. The van der Waals surface area contributed by atoms with Gasteiger partial charge in [-0.1, -0.05) is 37.7 Å². The SMILES string of the molecule is CC(C)Nc1nc(SC(C)C)nc2c1cnn2CCNC(=O)Cc1ccc([N+](=O)[O-])cc1. The fourth-order valence-corrected chi connectivity index (χ4v) is 3.74. The van der Waals surface area contributed by atoms with E-state index in [4.69, 9.17) is 0 Å². The highest BCUT2D eigenvalue weighted by Gasteiger charge is 2.15. The van der Waals surface area contributed by atoms with E-state index in [-0.39, 0.29) is 24.1 Å². The second-order valence-electron chi connectivity index (χ2n) is 7.88. The molecule has 0 fully saturated rings. The molecule has 0 atom stereocenters. The van der Waals surface area contributed by atoms with E-state index >= 15 is 0 Å². The van der Waals surface area contributed by atoms with Gasteiger partial charge in [-0.25, -0.2) is 14.6 Å². The van der Waals surface area contributed by atoms with Gasteiger partial charge < -0.3 is 10.6 Å². The molecule has 10 nitrogen and oxygen atoms in total. The smallest absolute Gasteiger partial charge is 0.269 e. The number of nitrogens with one attached hydrogen (secondary N) is 2. The Morgan fingerprint density at radius 3 is 2.53 bits per heavy atom. The van der Waals surface area contributed by atoms with Gasteiger partial charge in [0.2, 0.25) is 5.91 Å². The van der Waals surface area contributed by atoms with Crippen LogP contribution in [0.15, 0.2) is 35.6 Å². The number of rotatable bonds is 10. The normalized spacial score (nSPS) is 11.3. The number of nitro groups is 1. The first kappa shape index (κ1) is 23.5. The predicted octanol–water partition coefficient (Wildman–Crippen LogP) is 3.41. The highest BCUT2D eigenvalue weighted by Crippen LogP contribution is 2.26. The highest BCUT2D eigenvalue weighted by molar-refractivity contribution is 7.99. The lowest BCUT2D eigenvalue weighted by molar-refractivity contribution is -0.384.